The molecule has 2 N–H and O–H groups in total. The normalized spacial score (nSPS) is 19.3. The Morgan fingerprint density at radius 2 is 1.83 bits per heavy atom. The average molecular weight is 256 g/mol. The number of likely N-dealkylation sites (N-methyl/N-ethyl adjacent to an activating group) is 1. The second-order valence-electron chi connectivity index (χ2n) is 5.34. The molecule has 106 valence electrons. The van der Waals surface area contributed by atoms with Crippen LogP contribution in [0.1, 0.15) is 46.5 Å². The van der Waals surface area contributed by atoms with Gasteiger partial charge < -0.3 is 15.3 Å². The second kappa shape index (κ2) is 7.10. The molecule has 1 heterocycles. The van der Waals surface area contributed by atoms with Crippen molar-refractivity contribution in [3.8, 4) is 0 Å². The summed E-state index contributed by atoms with van der Waals surface area (Å²) in [5.41, 5.74) is -0.624. The van der Waals surface area contributed by atoms with E-state index in [9.17, 15) is 9.90 Å². The number of likely N-dealkylation sites (tertiary alicyclic amines) is 1. The van der Waals surface area contributed by atoms with Crippen molar-refractivity contribution < 1.29 is 9.90 Å². The molecule has 0 aromatic rings. The molecule has 0 spiro atoms. The molecular weight excluding hydrogens is 228 g/mol. The van der Waals surface area contributed by atoms with Gasteiger partial charge in [0.25, 0.3) is 0 Å². The average Bonchev–Trinajstić information content (AvgIpc) is 2.38. The van der Waals surface area contributed by atoms with Crippen LogP contribution in [0.2, 0.25) is 0 Å². The Labute approximate surface area is 111 Å². The summed E-state index contributed by atoms with van der Waals surface area (Å²) in [6.07, 6.45) is 3.19. The maximum absolute atomic E-state index is 12.2. The first-order valence-electron chi connectivity index (χ1n) is 7.28. The largest absolute Gasteiger partial charge is 0.388 e. The van der Waals surface area contributed by atoms with Gasteiger partial charge >= 0.3 is 0 Å². The van der Waals surface area contributed by atoms with E-state index < -0.39 is 5.60 Å². The fourth-order valence-electron chi connectivity index (χ4n) is 2.57. The number of rotatable bonds is 6. The van der Waals surface area contributed by atoms with Crippen molar-refractivity contribution in [2.75, 3.05) is 26.2 Å². The van der Waals surface area contributed by atoms with Crippen LogP contribution >= 0.6 is 0 Å². The molecular formula is C14H28N2O2. The Morgan fingerprint density at radius 3 is 2.28 bits per heavy atom. The Kier molecular flexibility index (Phi) is 6.09. The van der Waals surface area contributed by atoms with Gasteiger partial charge in [-0.1, -0.05) is 20.8 Å². The van der Waals surface area contributed by atoms with Crippen LogP contribution in [0.4, 0.5) is 0 Å². The molecule has 1 rings (SSSR count). The number of hydrogen-bond donors (Lipinski definition) is 2. The molecule has 0 atom stereocenters. The summed E-state index contributed by atoms with van der Waals surface area (Å²) in [7, 11) is 0. The highest BCUT2D eigenvalue weighted by Gasteiger charge is 2.34. The summed E-state index contributed by atoms with van der Waals surface area (Å²) in [5.74, 6) is 0.426. The second-order valence-corrected chi connectivity index (χ2v) is 5.34. The van der Waals surface area contributed by atoms with E-state index >= 15 is 0 Å². The van der Waals surface area contributed by atoms with Crippen molar-refractivity contribution >= 4 is 5.91 Å². The van der Waals surface area contributed by atoms with Gasteiger partial charge in [0.05, 0.1) is 5.60 Å². The van der Waals surface area contributed by atoms with E-state index in [2.05, 4.69) is 19.2 Å². The van der Waals surface area contributed by atoms with Crippen LogP contribution in [0.3, 0.4) is 0 Å². The van der Waals surface area contributed by atoms with Gasteiger partial charge in [0.1, 0.15) is 0 Å². The van der Waals surface area contributed by atoms with E-state index in [0.717, 1.165) is 19.4 Å². The SMILES string of the molecule is CCNCC1(O)CCN(C(=O)C(CC)CC)CC1. The number of carbonyl (C=O) groups is 1. The van der Waals surface area contributed by atoms with Crippen LogP contribution in [0, 0.1) is 5.92 Å². The van der Waals surface area contributed by atoms with Gasteiger partial charge in [-0.2, -0.15) is 0 Å². The van der Waals surface area contributed by atoms with Gasteiger partial charge in [0.2, 0.25) is 5.91 Å². The summed E-state index contributed by atoms with van der Waals surface area (Å²) >= 11 is 0. The van der Waals surface area contributed by atoms with Crippen molar-refractivity contribution in [3.63, 3.8) is 0 Å². The van der Waals surface area contributed by atoms with E-state index in [1.807, 2.05) is 11.8 Å². The summed E-state index contributed by atoms with van der Waals surface area (Å²) in [4.78, 5) is 14.1. The predicted molar refractivity (Wildman–Crippen MR) is 73.4 cm³/mol. The number of hydrogen-bond acceptors (Lipinski definition) is 3. The minimum absolute atomic E-state index is 0.157. The third kappa shape index (κ3) is 3.95. The highest BCUT2D eigenvalue weighted by Crippen LogP contribution is 2.23. The quantitative estimate of drug-likeness (QED) is 0.755. The van der Waals surface area contributed by atoms with Crippen LogP contribution in [-0.4, -0.2) is 47.7 Å². The molecule has 1 aliphatic heterocycles. The Balaban J connectivity index is 2.45. The summed E-state index contributed by atoms with van der Waals surface area (Å²) < 4.78 is 0. The lowest BCUT2D eigenvalue weighted by atomic mass is 9.90. The molecule has 0 saturated carbocycles. The van der Waals surface area contributed by atoms with Crippen molar-refractivity contribution in [2.45, 2.75) is 52.1 Å². The van der Waals surface area contributed by atoms with Gasteiger partial charge in [0.15, 0.2) is 0 Å². The summed E-state index contributed by atoms with van der Waals surface area (Å²) in [6.45, 7) is 9.06. The lowest BCUT2D eigenvalue weighted by Gasteiger charge is -2.39. The predicted octanol–water partition coefficient (Wildman–Crippen LogP) is 1.39. The van der Waals surface area contributed by atoms with Crippen LogP contribution < -0.4 is 5.32 Å². The highest BCUT2D eigenvalue weighted by atomic mass is 16.3. The molecule has 1 saturated heterocycles. The molecule has 0 aromatic carbocycles. The Morgan fingerprint density at radius 1 is 1.28 bits per heavy atom. The minimum Gasteiger partial charge on any atom is -0.388 e. The topological polar surface area (TPSA) is 52.6 Å². The highest BCUT2D eigenvalue weighted by molar-refractivity contribution is 5.78. The fraction of sp³-hybridized carbons (Fsp3) is 0.929. The standard InChI is InChI=1S/C14H28N2O2/c1-4-12(5-2)13(17)16-9-7-14(18,8-10-16)11-15-6-3/h12,15,18H,4-11H2,1-3H3. The number of aliphatic hydroxyl groups is 1. The summed E-state index contributed by atoms with van der Waals surface area (Å²) in [6, 6.07) is 0. The van der Waals surface area contributed by atoms with E-state index in [-0.39, 0.29) is 11.8 Å². The van der Waals surface area contributed by atoms with Gasteiger partial charge in [-0.15, -0.1) is 0 Å². The molecule has 0 aromatic heterocycles. The third-order valence-corrected chi connectivity index (χ3v) is 4.04. The molecule has 0 radical (unpaired) electrons. The van der Waals surface area contributed by atoms with Crippen molar-refractivity contribution in [1.29, 1.82) is 0 Å². The van der Waals surface area contributed by atoms with E-state index in [1.54, 1.807) is 0 Å². The molecule has 0 bridgehead atoms. The fourth-order valence-corrected chi connectivity index (χ4v) is 2.57. The zero-order valence-corrected chi connectivity index (χ0v) is 12.0. The third-order valence-electron chi connectivity index (χ3n) is 4.04. The van der Waals surface area contributed by atoms with E-state index in [1.165, 1.54) is 0 Å². The van der Waals surface area contributed by atoms with Gasteiger partial charge in [-0.05, 0) is 32.2 Å². The molecule has 0 aliphatic carbocycles. The molecule has 4 nitrogen and oxygen atoms in total. The van der Waals surface area contributed by atoms with Crippen LogP contribution in [0.5, 0.6) is 0 Å². The smallest absolute Gasteiger partial charge is 0.225 e. The first kappa shape index (κ1) is 15.4. The maximum atomic E-state index is 12.2. The molecule has 1 aliphatic rings. The van der Waals surface area contributed by atoms with Crippen molar-refractivity contribution in [2.24, 2.45) is 5.92 Å². The Hall–Kier alpha value is -0.610. The number of nitrogens with zero attached hydrogens (tertiary/aromatic N) is 1. The van der Waals surface area contributed by atoms with Crippen LogP contribution in [0.15, 0.2) is 0 Å². The van der Waals surface area contributed by atoms with Gasteiger partial charge in [-0.25, -0.2) is 0 Å². The van der Waals surface area contributed by atoms with E-state index in [4.69, 9.17) is 0 Å². The first-order valence-corrected chi connectivity index (χ1v) is 7.28. The Bertz CT molecular complexity index is 257. The maximum Gasteiger partial charge on any atom is 0.225 e. The number of nitrogens with one attached hydrogen (secondary N) is 1. The number of amides is 1. The molecule has 4 heteroatoms. The molecule has 18 heavy (non-hydrogen) atoms. The molecule has 0 unspecified atom stereocenters. The molecule has 1 fully saturated rings. The van der Waals surface area contributed by atoms with Gasteiger partial charge in [0, 0.05) is 25.6 Å². The van der Waals surface area contributed by atoms with Gasteiger partial charge in [-0.3, -0.25) is 4.79 Å². The van der Waals surface area contributed by atoms with Crippen LogP contribution in [0.25, 0.3) is 0 Å². The monoisotopic (exact) mass is 256 g/mol. The van der Waals surface area contributed by atoms with Crippen molar-refractivity contribution in [1.82, 2.24) is 10.2 Å². The minimum atomic E-state index is -0.624. The lowest BCUT2D eigenvalue weighted by Crippen LogP contribution is -2.52. The first-order chi connectivity index (χ1) is 8.56. The molecule has 1 amide bonds. The zero-order valence-electron chi connectivity index (χ0n) is 12.0. The summed E-state index contributed by atoms with van der Waals surface area (Å²) in [5, 5.41) is 13.5. The van der Waals surface area contributed by atoms with E-state index in [0.29, 0.717) is 32.5 Å². The van der Waals surface area contributed by atoms with Crippen LogP contribution in [-0.2, 0) is 4.79 Å². The lowest BCUT2D eigenvalue weighted by molar-refractivity contribution is -0.139. The zero-order chi connectivity index (χ0) is 13.6. The number of carbonyl (C=O) groups excluding carboxylic acids is 1. The van der Waals surface area contributed by atoms with Crippen molar-refractivity contribution in [3.05, 3.63) is 0 Å². The number of piperidine rings is 1.